The molecule has 0 aliphatic rings. The maximum Gasteiger partial charge on any atom is 0.0388 e. The molecule has 2 unspecified atom stereocenters. The van der Waals surface area contributed by atoms with Crippen LogP contribution in [0.1, 0.15) is 99.8 Å². The molecule has 3 nitrogen and oxygen atoms in total. The van der Waals surface area contributed by atoms with Crippen molar-refractivity contribution in [2.75, 3.05) is 19.6 Å². The molecular formula is C21H47N3. The Balaban J connectivity index is 5.93. The van der Waals surface area contributed by atoms with Gasteiger partial charge in [-0.15, -0.1) is 0 Å². The second-order valence-electron chi connectivity index (χ2n) is 7.96. The van der Waals surface area contributed by atoms with Crippen LogP contribution in [0.25, 0.3) is 0 Å². The normalized spacial score (nSPS) is 16.4. The van der Waals surface area contributed by atoms with E-state index in [1.165, 1.54) is 64.5 Å². The molecule has 0 fully saturated rings. The summed E-state index contributed by atoms with van der Waals surface area (Å²) in [6, 6.07) is 0.202. The summed E-state index contributed by atoms with van der Waals surface area (Å²) in [5.41, 5.74) is 6.45. The van der Waals surface area contributed by atoms with Crippen LogP contribution >= 0.6 is 0 Å². The van der Waals surface area contributed by atoms with E-state index in [0.717, 1.165) is 6.54 Å². The Hall–Kier alpha value is -0.120. The lowest BCUT2D eigenvalue weighted by atomic mass is 9.68. The summed E-state index contributed by atoms with van der Waals surface area (Å²) in [6.45, 7) is 19.5. The Morgan fingerprint density at radius 2 is 1.29 bits per heavy atom. The van der Waals surface area contributed by atoms with Gasteiger partial charge in [-0.3, -0.25) is 4.90 Å². The van der Waals surface area contributed by atoms with E-state index in [0.29, 0.717) is 0 Å². The second kappa shape index (κ2) is 12.3. The molecule has 3 N–H and O–H groups in total. The Morgan fingerprint density at radius 3 is 1.62 bits per heavy atom. The summed E-state index contributed by atoms with van der Waals surface area (Å²) in [5.74, 6) is 0. The fraction of sp³-hybridized carbons (Fsp3) is 1.00. The first kappa shape index (κ1) is 23.9. The Morgan fingerprint density at radius 1 is 0.833 bits per heavy atom. The SMILES string of the molecule is CCCN(CCC)C(CCC)(CCC)C(C)(CCC)NCC(C)N. The first-order valence-corrected chi connectivity index (χ1v) is 10.6. The number of nitrogens with one attached hydrogen (secondary N) is 1. The second-order valence-corrected chi connectivity index (χ2v) is 7.96. The van der Waals surface area contributed by atoms with Gasteiger partial charge in [-0.2, -0.15) is 0 Å². The van der Waals surface area contributed by atoms with Gasteiger partial charge in [-0.25, -0.2) is 0 Å². The van der Waals surface area contributed by atoms with Crippen LogP contribution in [0.2, 0.25) is 0 Å². The van der Waals surface area contributed by atoms with Crippen molar-refractivity contribution < 1.29 is 0 Å². The molecule has 0 bridgehead atoms. The topological polar surface area (TPSA) is 41.3 Å². The number of rotatable bonds is 15. The van der Waals surface area contributed by atoms with E-state index in [9.17, 15) is 0 Å². The van der Waals surface area contributed by atoms with Crippen molar-refractivity contribution in [1.82, 2.24) is 10.2 Å². The highest BCUT2D eigenvalue weighted by atomic mass is 15.2. The summed E-state index contributed by atoms with van der Waals surface area (Å²) in [7, 11) is 0. The zero-order valence-corrected chi connectivity index (χ0v) is 17.9. The molecular weight excluding hydrogens is 294 g/mol. The van der Waals surface area contributed by atoms with Crippen LogP contribution < -0.4 is 11.1 Å². The summed E-state index contributed by atoms with van der Waals surface area (Å²) in [4.78, 5) is 2.82. The molecule has 24 heavy (non-hydrogen) atoms. The number of hydrogen-bond acceptors (Lipinski definition) is 3. The zero-order chi connectivity index (χ0) is 18.6. The molecule has 0 rings (SSSR count). The maximum absolute atomic E-state index is 6.10. The van der Waals surface area contributed by atoms with Crippen LogP contribution in [0.15, 0.2) is 0 Å². The molecule has 0 saturated carbocycles. The molecule has 0 spiro atoms. The minimum Gasteiger partial charge on any atom is -0.327 e. The molecule has 3 heteroatoms. The maximum atomic E-state index is 6.10. The highest BCUT2D eigenvalue weighted by Gasteiger charge is 2.49. The van der Waals surface area contributed by atoms with Crippen molar-refractivity contribution in [2.45, 2.75) is 117 Å². The summed E-state index contributed by atoms with van der Waals surface area (Å²) < 4.78 is 0. The van der Waals surface area contributed by atoms with Crippen molar-refractivity contribution in [2.24, 2.45) is 5.73 Å². The predicted molar refractivity (Wildman–Crippen MR) is 110 cm³/mol. The van der Waals surface area contributed by atoms with E-state index >= 15 is 0 Å². The van der Waals surface area contributed by atoms with Crippen molar-refractivity contribution >= 4 is 0 Å². The third-order valence-corrected chi connectivity index (χ3v) is 5.51. The molecule has 2 atom stereocenters. The van der Waals surface area contributed by atoms with Crippen LogP contribution in [0, 0.1) is 0 Å². The van der Waals surface area contributed by atoms with Gasteiger partial charge in [0.05, 0.1) is 0 Å². The van der Waals surface area contributed by atoms with E-state index in [-0.39, 0.29) is 17.1 Å². The Kier molecular flexibility index (Phi) is 12.2. The molecule has 0 aliphatic carbocycles. The van der Waals surface area contributed by atoms with Gasteiger partial charge in [0.1, 0.15) is 0 Å². The standard InChI is InChI=1S/C21H47N3/c1-8-13-20(7,23-18-19(6)22)21(14-9-2,15-10-3)24(16-11-4)17-12-5/h19,23H,8-18,22H2,1-7H3. The van der Waals surface area contributed by atoms with Gasteiger partial charge in [0.25, 0.3) is 0 Å². The molecule has 0 saturated heterocycles. The van der Waals surface area contributed by atoms with Crippen molar-refractivity contribution in [1.29, 1.82) is 0 Å². The van der Waals surface area contributed by atoms with E-state index in [1.54, 1.807) is 0 Å². The monoisotopic (exact) mass is 341 g/mol. The van der Waals surface area contributed by atoms with Crippen LogP contribution in [-0.2, 0) is 0 Å². The fourth-order valence-electron chi connectivity index (χ4n) is 4.62. The molecule has 146 valence electrons. The van der Waals surface area contributed by atoms with Gasteiger partial charge in [0, 0.05) is 23.7 Å². The number of nitrogens with zero attached hydrogens (tertiary/aromatic N) is 1. The molecule has 0 heterocycles. The van der Waals surface area contributed by atoms with Gasteiger partial charge in [-0.1, -0.05) is 53.9 Å². The molecule has 0 amide bonds. The lowest BCUT2D eigenvalue weighted by Gasteiger charge is -2.56. The molecule has 0 aliphatic heterocycles. The minimum absolute atomic E-state index is 0.117. The zero-order valence-electron chi connectivity index (χ0n) is 17.9. The first-order chi connectivity index (χ1) is 11.4. The van der Waals surface area contributed by atoms with Gasteiger partial charge in [-0.05, 0) is 59.0 Å². The molecule has 0 aromatic rings. The van der Waals surface area contributed by atoms with E-state index in [1.807, 2.05) is 0 Å². The van der Waals surface area contributed by atoms with Crippen LogP contribution in [0.3, 0.4) is 0 Å². The highest BCUT2D eigenvalue weighted by molar-refractivity contribution is 5.09. The minimum atomic E-state index is 0.117. The largest absolute Gasteiger partial charge is 0.327 e. The number of nitrogens with two attached hydrogens (primary N) is 1. The van der Waals surface area contributed by atoms with E-state index < -0.39 is 0 Å². The average molecular weight is 342 g/mol. The van der Waals surface area contributed by atoms with Crippen LogP contribution in [0.4, 0.5) is 0 Å². The Labute approximate surface area is 153 Å². The Bertz CT molecular complexity index is 291. The molecule has 0 aromatic heterocycles. The smallest absolute Gasteiger partial charge is 0.0388 e. The first-order valence-electron chi connectivity index (χ1n) is 10.6. The van der Waals surface area contributed by atoms with Crippen LogP contribution in [-0.4, -0.2) is 41.7 Å². The van der Waals surface area contributed by atoms with Crippen LogP contribution in [0.5, 0.6) is 0 Å². The predicted octanol–water partition coefficient (Wildman–Crippen LogP) is 4.94. The number of hydrogen-bond donors (Lipinski definition) is 2. The van der Waals surface area contributed by atoms with Gasteiger partial charge >= 0.3 is 0 Å². The lowest BCUT2D eigenvalue weighted by Crippen LogP contribution is -2.69. The van der Waals surface area contributed by atoms with E-state index in [4.69, 9.17) is 5.73 Å². The fourth-order valence-corrected chi connectivity index (χ4v) is 4.62. The third kappa shape index (κ3) is 6.31. The summed E-state index contributed by atoms with van der Waals surface area (Å²) in [6.07, 6.45) is 9.89. The highest BCUT2D eigenvalue weighted by Crippen LogP contribution is 2.41. The van der Waals surface area contributed by atoms with Crippen molar-refractivity contribution in [3.8, 4) is 0 Å². The lowest BCUT2D eigenvalue weighted by molar-refractivity contribution is -0.0197. The van der Waals surface area contributed by atoms with Crippen molar-refractivity contribution in [3.05, 3.63) is 0 Å². The van der Waals surface area contributed by atoms with Gasteiger partial charge in [0.15, 0.2) is 0 Å². The van der Waals surface area contributed by atoms with Crippen molar-refractivity contribution in [3.63, 3.8) is 0 Å². The van der Waals surface area contributed by atoms with E-state index in [2.05, 4.69) is 58.7 Å². The quantitative estimate of drug-likeness (QED) is 0.443. The third-order valence-electron chi connectivity index (χ3n) is 5.51. The van der Waals surface area contributed by atoms with Gasteiger partial charge < -0.3 is 11.1 Å². The summed E-state index contributed by atoms with van der Waals surface area (Å²) >= 11 is 0. The van der Waals surface area contributed by atoms with Gasteiger partial charge in [0.2, 0.25) is 0 Å². The average Bonchev–Trinajstić information content (AvgIpc) is 2.52. The molecule has 0 radical (unpaired) electrons. The summed E-state index contributed by atoms with van der Waals surface area (Å²) in [5, 5.41) is 3.94. The molecule has 0 aromatic carbocycles.